The number of nitrogens with zero attached hydrogens (tertiary/aromatic N) is 2. The molecule has 5 nitrogen and oxygen atoms in total. The molecule has 26 heavy (non-hydrogen) atoms. The molecular formula is C17H20F4N4O. The minimum atomic E-state index is -4.64. The molecule has 0 aliphatic heterocycles. The van der Waals surface area contributed by atoms with Gasteiger partial charge in [-0.3, -0.25) is 0 Å². The maximum Gasteiger partial charge on any atom is 0.416 e. The van der Waals surface area contributed by atoms with Crippen LogP contribution in [0.3, 0.4) is 0 Å². The van der Waals surface area contributed by atoms with Crippen molar-refractivity contribution in [2.24, 2.45) is 4.99 Å². The number of benzene rings is 1. The first-order chi connectivity index (χ1) is 12.3. The van der Waals surface area contributed by atoms with Crippen LogP contribution in [-0.2, 0) is 25.7 Å². The third kappa shape index (κ3) is 5.47. The molecule has 0 unspecified atom stereocenters. The highest BCUT2D eigenvalue weighted by Crippen LogP contribution is 2.32. The molecule has 2 rings (SSSR count). The molecule has 2 N–H and O–H groups in total. The quantitative estimate of drug-likeness (QED) is 0.462. The first-order valence-corrected chi connectivity index (χ1v) is 8.15. The number of halogens is 4. The number of alkyl halides is 3. The smallest absolute Gasteiger partial charge is 0.359 e. The second kappa shape index (κ2) is 8.68. The fourth-order valence-corrected chi connectivity index (χ4v) is 2.23. The Bertz CT molecular complexity index is 755. The number of aliphatic imine (C=N–C) groups is 1. The summed E-state index contributed by atoms with van der Waals surface area (Å²) in [5.74, 6) is -0.0308. The van der Waals surface area contributed by atoms with Crippen molar-refractivity contribution in [1.82, 2.24) is 15.8 Å². The largest absolute Gasteiger partial charge is 0.416 e. The lowest BCUT2D eigenvalue weighted by atomic mass is 10.1. The van der Waals surface area contributed by atoms with Crippen molar-refractivity contribution in [3.05, 3.63) is 52.7 Å². The molecule has 0 atom stereocenters. The van der Waals surface area contributed by atoms with Crippen molar-refractivity contribution >= 4 is 5.96 Å². The van der Waals surface area contributed by atoms with Gasteiger partial charge in [0.1, 0.15) is 5.82 Å². The SMILES string of the molecule is CCNC(=NCc1ccc(F)cc1C(F)(F)F)NCc1cc(CC)no1. The summed E-state index contributed by atoms with van der Waals surface area (Å²) in [4.78, 5) is 4.14. The van der Waals surface area contributed by atoms with Gasteiger partial charge in [0, 0.05) is 12.6 Å². The van der Waals surface area contributed by atoms with Gasteiger partial charge < -0.3 is 15.2 Å². The lowest BCUT2D eigenvalue weighted by Gasteiger charge is -2.13. The van der Waals surface area contributed by atoms with Gasteiger partial charge in [-0.05, 0) is 31.0 Å². The van der Waals surface area contributed by atoms with E-state index in [1.54, 1.807) is 6.07 Å². The number of aryl methyl sites for hydroxylation is 1. The highest BCUT2D eigenvalue weighted by molar-refractivity contribution is 5.79. The molecule has 9 heteroatoms. The molecule has 0 aliphatic rings. The zero-order valence-corrected chi connectivity index (χ0v) is 14.5. The Morgan fingerprint density at radius 1 is 1.19 bits per heavy atom. The number of aromatic nitrogens is 1. The zero-order chi connectivity index (χ0) is 19.2. The van der Waals surface area contributed by atoms with Crippen molar-refractivity contribution in [3.8, 4) is 0 Å². The average molecular weight is 372 g/mol. The molecule has 0 fully saturated rings. The van der Waals surface area contributed by atoms with Crippen LogP contribution in [0.1, 0.15) is 36.4 Å². The van der Waals surface area contributed by atoms with E-state index >= 15 is 0 Å². The van der Waals surface area contributed by atoms with Crippen molar-refractivity contribution < 1.29 is 22.1 Å². The van der Waals surface area contributed by atoms with Crippen LogP contribution in [0.15, 0.2) is 33.8 Å². The predicted molar refractivity (Wildman–Crippen MR) is 88.9 cm³/mol. The molecular weight excluding hydrogens is 352 g/mol. The fraction of sp³-hybridized carbons (Fsp3) is 0.412. The third-order valence-corrected chi connectivity index (χ3v) is 3.53. The summed E-state index contributed by atoms with van der Waals surface area (Å²) >= 11 is 0. The van der Waals surface area contributed by atoms with Crippen LogP contribution < -0.4 is 10.6 Å². The Kier molecular flexibility index (Phi) is 6.59. The summed E-state index contributed by atoms with van der Waals surface area (Å²) < 4.78 is 57.4. The second-order valence-electron chi connectivity index (χ2n) is 5.49. The molecule has 142 valence electrons. The van der Waals surface area contributed by atoms with Crippen LogP contribution in [0.25, 0.3) is 0 Å². The predicted octanol–water partition coefficient (Wildman–Crippen LogP) is 3.65. The van der Waals surface area contributed by atoms with Crippen molar-refractivity contribution in [3.63, 3.8) is 0 Å². The summed E-state index contributed by atoms with van der Waals surface area (Å²) in [6.45, 7) is 4.34. The number of guanidine groups is 1. The van der Waals surface area contributed by atoms with Gasteiger partial charge in [0.25, 0.3) is 0 Å². The van der Waals surface area contributed by atoms with E-state index in [4.69, 9.17) is 4.52 Å². The lowest BCUT2D eigenvalue weighted by Crippen LogP contribution is -2.36. The molecule has 2 aromatic rings. The minimum absolute atomic E-state index is 0.107. The lowest BCUT2D eigenvalue weighted by molar-refractivity contribution is -0.138. The summed E-state index contributed by atoms with van der Waals surface area (Å²) in [6, 6.07) is 4.35. The van der Waals surface area contributed by atoms with Gasteiger partial charge in [0.05, 0.1) is 24.3 Å². The van der Waals surface area contributed by atoms with Crippen LogP contribution in [-0.4, -0.2) is 17.7 Å². The molecule has 0 radical (unpaired) electrons. The van der Waals surface area contributed by atoms with Crippen LogP contribution in [0.2, 0.25) is 0 Å². The van der Waals surface area contributed by atoms with E-state index in [9.17, 15) is 17.6 Å². The van der Waals surface area contributed by atoms with Crippen LogP contribution in [0.4, 0.5) is 17.6 Å². The summed E-state index contributed by atoms with van der Waals surface area (Å²) in [6.07, 6.45) is -3.91. The van der Waals surface area contributed by atoms with E-state index in [1.807, 2.05) is 13.8 Å². The van der Waals surface area contributed by atoms with Crippen molar-refractivity contribution in [1.29, 1.82) is 0 Å². The number of hydrogen-bond donors (Lipinski definition) is 2. The maximum atomic E-state index is 13.2. The normalized spacial score (nSPS) is 12.3. The Morgan fingerprint density at radius 3 is 2.58 bits per heavy atom. The highest BCUT2D eigenvalue weighted by Gasteiger charge is 2.33. The molecule has 0 spiro atoms. The van der Waals surface area contributed by atoms with Gasteiger partial charge in [-0.2, -0.15) is 13.2 Å². The van der Waals surface area contributed by atoms with E-state index in [0.717, 1.165) is 24.2 Å². The molecule has 1 aromatic heterocycles. The van der Waals surface area contributed by atoms with E-state index in [1.165, 1.54) is 0 Å². The van der Waals surface area contributed by atoms with Gasteiger partial charge in [-0.15, -0.1) is 0 Å². The molecule has 1 aromatic carbocycles. The third-order valence-electron chi connectivity index (χ3n) is 3.53. The van der Waals surface area contributed by atoms with Gasteiger partial charge in [0.15, 0.2) is 11.7 Å². The van der Waals surface area contributed by atoms with Gasteiger partial charge in [-0.1, -0.05) is 18.1 Å². The molecule has 0 aliphatic carbocycles. The van der Waals surface area contributed by atoms with E-state index < -0.39 is 17.6 Å². The average Bonchev–Trinajstić information content (AvgIpc) is 3.05. The molecule has 0 saturated carbocycles. The molecule has 0 amide bonds. The Balaban J connectivity index is 2.11. The van der Waals surface area contributed by atoms with Gasteiger partial charge in [0.2, 0.25) is 0 Å². The van der Waals surface area contributed by atoms with Crippen LogP contribution in [0, 0.1) is 5.82 Å². The minimum Gasteiger partial charge on any atom is -0.359 e. The van der Waals surface area contributed by atoms with Gasteiger partial charge >= 0.3 is 6.18 Å². The summed E-state index contributed by atoms with van der Waals surface area (Å²) in [5.41, 5.74) is -0.325. The van der Waals surface area contributed by atoms with Crippen LogP contribution >= 0.6 is 0 Å². The monoisotopic (exact) mass is 372 g/mol. The topological polar surface area (TPSA) is 62.5 Å². The first-order valence-electron chi connectivity index (χ1n) is 8.15. The summed E-state index contributed by atoms with van der Waals surface area (Å²) in [5, 5.41) is 9.76. The molecule has 1 heterocycles. The van der Waals surface area contributed by atoms with Crippen LogP contribution in [0.5, 0.6) is 0 Å². The van der Waals surface area contributed by atoms with Crippen molar-refractivity contribution in [2.75, 3.05) is 6.54 Å². The zero-order valence-electron chi connectivity index (χ0n) is 14.5. The standard InChI is InChI=1S/C17H20F4N4O/c1-3-13-8-14(26-25-13)10-24-16(22-4-2)23-9-11-5-6-12(18)7-15(11)17(19,20)21/h5-8H,3-4,9-10H2,1-2H3,(H2,22,23,24). The maximum absolute atomic E-state index is 13.2. The van der Waals surface area contributed by atoms with E-state index in [-0.39, 0.29) is 18.7 Å². The number of nitrogens with one attached hydrogen (secondary N) is 2. The van der Waals surface area contributed by atoms with Gasteiger partial charge in [-0.25, -0.2) is 9.38 Å². The number of rotatable bonds is 6. The Morgan fingerprint density at radius 2 is 1.96 bits per heavy atom. The van der Waals surface area contributed by atoms with E-state index in [2.05, 4.69) is 20.8 Å². The van der Waals surface area contributed by atoms with Crippen molar-refractivity contribution in [2.45, 2.75) is 39.5 Å². The molecule has 0 saturated heterocycles. The summed E-state index contributed by atoms with van der Waals surface area (Å²) in [7, 11) is 0. The highest BCUT2D eigenvalue weighted by atomic mass is 19.4. The fourth-order valence-electron chi connectivity index (χ4n) is 2.23. The Hall–Kier alpha value is -2.58. The van der Waals surface area contributed by atoms with E-state index in [0.29, 0.717) is 24.3 Å². The second-order valence-corrected chi connectivity index (χ2v) is 5.49. The Labute approximate surface area is 148 Å². The first kappa shape index (κ1) is 19.7. The number of hydrogen-bond acceptors (Lipinski definition) is 3. The molecule has 0 bridgehead atoms.